The molecular formula is C23H18FNO4. The first-order chi connectivity index (χ1) is 14.1. The topological polar surface area (TPSA) is 72.5 Å². The Labute approximate surface area is 167 Å². The summed E-state index contributed by atoms with van der Waals surface area (Å²) in [5.41, 5.74) is 1.03. The molecule has 0 atom stereocenters. The predicted molar refractivity (Wildman–Crippen MR) is 105 cm³/mol. The molecule has 0 radical (unpaired) electrons. The second kappa shape index (κ2) is 9.41. The lowest BCUT2D eigenvalue weighted by atomic mass is 9.98. The van der Waals surface area contributed by atoms with Gasteiger partial charge in [-0.1, -0.05) is 66.7 Å². The molecule has 29 heavy (non-hydrogen) atoms. The molecule has 0 aliphatic carbocycles. The van der Waals surface area contributed by atoms with Crippen molar-refractivity contribution in [2.75, 3.05) is 6.61 Å². The van der Waals surface area contributed by atoms with Crippen molar-refractivity contribution in [3.05, 3.63) is 107 Å². The maximum Gasteiger partial charge on any atom is 0.339 e. The molecule has 3 rings (SSSR count). The minimum absolute atomic E-state index is 0.0217. The fourth-order valence-corrected chi connectivity index (χ4v) is 2.70. The van der Waals surface area contributed by atoms with Crippen LogP contribution in [0.25, 0.3) is 0 Å². The Balaban J connectivity index is 1.62. The summed E-state index contributed by atoms with van der Waals surface area (Å²) in [6, 6.07) is 20.9. The molecule has 0 aliphatic rings. The van der Waals surface area contributed by atoms with Crippen LogP contribution < -0.4 is 5.32 Å². The number of rotatable bonds is 7. The highest BCUT2D eigenvalue weighted by molar-refractivity contribution is 6.14. The number of hydrogen-bond donors (Lipinski definition) is 1. The Hall–Kier alpha value is -3.80. The molecule has 3 aromatic carbocycles. The molecule has 1 N–H and O–H groups in total. The molecule has 3 aromatic rings. The molecule has 0 spiro atoms. The number of hydrogen-bond acceptors (Lipinski definition) is 4. The molecule has 0 aromatic heterocycles. The standard InChI is InChI=1S/C23H18FNO4/c24-20-13-7-4-10-17(20)14-25-21(26)15-29-23(28)19-12-6-5-11-18(19)22(27)16-8-2-1-3-9-16/h1-13H,14-15H2,(H,25,26). The van der Waals surface area contributed by atoms with Gasteiger partial charge in [0.1, 0.15) is 5.82 Å². The van der Waals surface area contributed by atoms with Crippen molar-refractivity contribution in [1.29, 1.82) is 0 Å². The van der Waals surface area contributed by atoms with Gasteiger partial charge in [-0.3, -0.25) is 9.59 Å². The van der Waals surface area contributed by atoms with Crippen LogP contribution in [-0.4, -0.2) is 24.3 Å². The van der Waals surface area contributed by atoms with Gasteiger partial charge in [0.2, 0.25) is 0 Å². The van der Waals surface area contributed by atoms with E-state index in [-0.39, 0.29) is 23.5 Å². The average Bonchev–Trinajstić information content (AvgIpc) is 2.77. The lowest BCUT2D eigenvalue weighted by molar-refractivity contribution is -0.124. The Morgan fingerprint density at radius 2 is 1.41 bits per heavy atom. The molecule has 5 nitrogen and oxygen atoms in total. The maximum absolute atomic E-state index is 13.6. The molecule has 0 fully saturated rings. The van der Waals surface area contributed by atoms with Gasteiger partial charge >= 0.3 is 5.97 Å². The van der Waals surface area contributed by atoms with Gasteiger partial charge < -0.3 is 10.1 Å². The Bertz CT molecular complexity index is 1030. The van der Waals surface area contributed by atoms with Gasteiger partial charge in [-0.15, -0.1) is 0 Å². The summed E-state index contributed by atoms with van der Waals surface area (Å²) >= 11 is 0. The smallest absolute Gasteiger partial charge is 0.339 e. The van der Waals surface area contributed by atoms with Crippen molar-refractivity contribution < 1.29 is 23.5 Å². The first kappa shape index (κ1) is 19.9. The van der Waals surface area contributed by atoms with Gasteiger partial charge in [-0.2, -0.15) is 0 Å². The van der Waals surface area contributed by atoms with E-state index < -0.39 is 24.3 Å². The van der Waals surface area contributed by atoms with E-state index in [4.69, 9.17) is 4.74 Å². The van der Waals surface area contributed by atoms with Crippen LogP contribution >= 0.6 is 0 Å². The Morgan fingerprint density at radius 1 is 0.793 bits per heavy atom. The van der Waals surface area contributed by atoms with Gasteiger partial charge in [0.25, 0.3) is 5.91 Å². The molecule has 0 aliphatic heterocycles. The monoisotopic (exact) mass is 391 g/mol. The molecule has 0 unspecified atom stereocenters. The van der Waals surface area contributed by atoms with E-state index in [0.717, 1.165) is 0 Å². The third-order valence-electron chi connectivity index (χ3n) is 4.20. The fraction of sp³-hybridized carbons (Fsp3) is 0.0870. The summed E-state index contributed by atoms with van der Waals surface area (Å²) in [6.45, 7) is -0.562. The molecular weight excluding hydrogens is 373 g/mol. The summed E-state index contributed by atoms with van der Waals surface area (Å²) in [5, 5.41) is 2.49. The summed E-state index contributed by atoms with van der Waals surface area (Å²) in [4.78, 5) is 37.0. The minimum atomic E-state index is -0.786. The second-order valence-corrected chi connectivity index (χ2v) is 6.19. The number of halogens is 1. The van der Waals surface area contributed by atoms with E-state index in [1.165, 1.54) is 18.2 Å². The third-order valence-corrected chi connectivity index (χ3v) is 4.20. The van der Waals surface area contributed by atoms with Crippen LogP contribution in [0.15, 0.2) is 78.9 Å². The van der Waals surface area contributed by atoms with E-state index in [9.17, 15) is 18.8 Å². The summed E-state index contributed by atoms with van der Waals surface area (Å²) in [7, 11) is 0. The number of carbonyl (C=O) groups is 3. The van der Waals surface area contributed by atoms with Crippen LogP contribution in [0.1, 0.15) is 31.8 Å². The quantitative estimate of drug-likeness (QED) is 0.494. The first-order valence-corrected chi connectivity index (χ1v) is 8.92. The van der Waals surface area contributed by atoms with Gasteiger partial charge in [-0.25, -0.2) is 9.18 Å². The summed E-state index contributed by atoms with van der Waals surface area (Å²) in [6.07, 6.45) is 0. The summed E-state index contributed by atoms with van der Waals surface area (Å²) in [5.74, 6) is -2.11. The maximum atomic E-state index is 13.6. The zero-order valence-corrected chi connectivity index (χ0v) is 15.4. The van der Waals surface area contributed by atoms with E-state index in [2.05, 4.69) is 5.32 Å². The van der Waals surface area contributed by atoms with Crippen LogP contribution in [0.2, 0.25) is 0 Å². The molecule has 0 saturated heterocycles. The van der Waals surface area contributed by atoms with Crippen molar-refractivity contribution in [3.8, 4) is 0 Å². The van der Waals surface area contributed by atoms with Crippen molar-refractivity contribution in [2.24, 2.45) is 0 Å². The van der Waals surface area contributed by atoms with Crippen molar-refractivity contribution in [3.63, 3.8) is 0 Å². The number of nitrogens with one attached hydrogen (secondary N) is 1. The number of carbonyl (C=O) groups excluding carboxylic acids is 3. The van der Waals surface area contributed by atoms with Crippen LogP contribution in [0.3, 0.4) is 0 Å². The van der Waals surface area contributed by atoms with E-state index in [1.807, 2.05) is 0 Å². The Kier molecular flexibility index (Phi) is 6.47. The number of esters is 1. The highest BCUT2D eigenvalue weighted by Crippen LogP contribution is 2.16. The predicted octanol–water partition coefficient (Wildman–Crippen LogP) is 3.53. The Morgan fingerprint density at radius 3 is 2.14 bits per heavy atom. The highest BCUT2D eigenvalue weighted by Gasteiger charge is 2.19. The molecule has 1 amide bonds. The minimum Gasteiger partial charge on any atom is -0.452 e. The largest absolute Gasteiger partial charge is 0.452 e. The first-order valence-electron chi connectivity index (χ1n) is 8.92. The van der Waals surface area contributed by atoms with Crippen molar-refractivity contribution in [1.82, 2.24) is 5.32 Å². The fourth-order valence-electron chi connectivity index (χ4n) is 2.70. The lowest BCUT2D eigenvalue weighted by Gasteiger charge is -2.10. The zero-order chi connectivity index (χ0) is 20.6. The van der Waals surface area contributed by atoms with Crippen molar-refractivity contribution in [2.45, 2.75) is 6.54 Å². The van der Waals surface area contributed by atoms with Crippen LogP contribution in [0.5, 0.6) is 0 Å². The molecule has 0 heterocycles. The number of benzene rings is 3. The number of ether oxygens (including phenoxy) is 1. The van der Waals surface area contributed by atoms with Gasteiger partial charge in [0.15, 0.2) is 12.4 Å². The van der Waals surface area contributed by atoms with E-state index in [0.29, 0.717) is 11.1 Å². The molecule has 0 bridgehead atoms. The molecule has 146 valence electrons. The van der Waals surface area contributed by atoms with Gasteiger partial charge in [0, 0.05) is 23.2 Å². The normalized spacial score (nSPS) is 10.2. The summed E-state index contributed by atoms with van der Waals surface area (Å²) < 4.78 is 18.6. The van der Waals surface area contributed by atoms with E-state index in [1.54, 1.807) is 60.7 Å². The zero-order valence-electron chi connectivity index (χ0n) is 15.4. The van der Waals surface area contributed by atoms with Crippen molar-refractivity contribution >= 4 is 17.7 Å². The highest BCUT2D eigenvalue weighted by atomic mass is 19.1. The molecule has 0 saturated carbocycles. The van der Waals surface area contributed by atoms with Crippen LogP contribution in [-0.2, 0) is 16.1 Å². The van der Waals surface area contributed by atoms with Gasteiger partial charge in [-0.05, 0) is 12.1 Å². The average molecular weight is 391 g/mol. The van der Waals surface area contributed by atoms with Gasteiger partial charge in [0.05, 0.1) is 5.56 Å². The van der Waals surface area contributed by atoms with Crippen LogP contribution in [0.4, 0.5) is 4.39 Å². The third kappa shape index (κ3) is 5.13. The SMILES string of the molecule is O=C(COC(=O)c1ccccc1C(=O)c1ccccc1)NCc1ccccc1F. The number of ketones is 1. The lowest BCUT2D eigenvalue weighted by Crippen LogP contribution is -2.29. The van der Waals surface area contributed by atoms with E-state index >= 15 is 0 Å². The number of amides is 1. The van der Waals surface area contributed by atoms with Crippen LogP contribution in [0, 0.1) is 5.82 Å². The second-order valence-electron chi connectivity index (χ2n) is 6.19. The molecule has 6 heteroatoms.